The summed E-state index contributed by atoms with van der Waals surface area (Å²) in [5.41, 5.74) is 4.94. The van der Waals surface area contributed by atoms with Crippen LogP contribution in [0.15, 0.2) is 30.3 Å². The van der Waals surface area contributed by atoms with E-state index in [2.05, 4.69) is 17.4 Å². The molecule has 0 aliphatic heterocycles. The van der Waals surface area contributed by atoms with E-state index < -0.39 is 5.82 Å². The van der Waals surface area contributed by atoms with Gasteiger partial charge in [0.15, 0.2) is 11.6 Å². The van der Waals surface area contributed by atoms with E-state index >= 15 is 0 Å². The van der Waals surface area contributed by atoms with Gasteiger partial charge in [0, 0.05) is 12.2 Å². The lowest BCUT2D eigenvalue weighted by atomic mass is 10.0. The average molecular weight is 372 g/mol. The molecule has 0 aliphatic rings. The van der Waals surface area contributed by atoms with Crippen LogP contribution in [-0.2, 0) is 11.3 Å². The molecule has 0 spiro atoms. The highest BCUT2D eigenvalue weighted by molar-refractivity contribution is 5.96. The van der Waals surface area contributed by atoms with Gasteiger partial charge in [-0.1, -0.05) is 30.7 Å². The second kappa shape index (κ2) is 9.00. The number of benzene rings is 2. The number of hydrogen-bond acceptors (Lipinski definition) is 3. The van der Waals surface area contributed by atoms with E-state index in [0.29, 0.717) is 13.1 Å². The first-order valence-electron chi connectivity index (χ1n) is 9.22. The van der Waals surface area contributed by atoms with Crippen molar-refractivity contribution in [2.45, 2.75) is 47.2 Å². The Morgan fingerprint density at radius 3 is 2.33 bits per heavy atom. The van der Waals surface area contributed by atoms with Crippen molar-refractivity contribution in [1.82, 2.24) is 4.90 Å². The van der Waals surface area contributed by atoms with Gasteiger partial charge in [-0.3, -0.25) is 9.69 Å². The van der Waals surface area contributed by atoms with E-state index in [9.17, 15) is 9.18 Å². The van der Waals surface area contributed by atoms with Crippen LogP contribution in [0.1, 0.15) is 36.1 Å². The van der Waals surface area contributed by atoms with E-state index in [4.69, 9.17) is 4.74 Å². The van der Waals surface area contributed by atoms with Crippen LogP contribution in [-0.4, -0.2) is 30.5 Å². The van der Waals surface area contributed by atoms with E-state index in [-0.39, 0.29) is 17.7 Å². The molecule has 27 heavy (non-hydrogen) atoms. The first-order chi connectivity index (χ1) is 12.8. The van der Waals surface area contributed by atoms with Crippen LogP contribution in [0.3, 0.4) is 0 Å². The molecule has 0 unspecified atom stereocenters. The first-order valence-corrected chi connectivity index (χ1v) is 9.22. The molecule has 2 aromatic rings. The number of rotatable bonds is 7. The highest BCUT2D eigenvalue weighted by Crippen LogP contribution is 2.23. The minimum Gasteiger partial charge on any atom is -0.494 e. The Kier molecular flexibility index (Phi) is 6.97. The van der Waals surface area contributed by atoms with Crippen molar-refractivity contribution in [2.75, 3.05) is 19.0 Å². The number of ether oxygens (including phenoxy) is 1. The van der Waals surface area contributed by atoms with Gasteiger partial charge in [0.1, 0.15) is 0 Å². The maximum absolute atomic E-state index is 14.0. The zero-order valence-electron chi connectivity index (χ0n) is 17.0. The smallest absolute Gasteiger partial charge is 0.241 e. The van der Waals surface area contributed by atoms with Crippen molar-refractivity contribution in [3.63, 3.8) is 0 Å². The number of methoxy groups -OCH3 is 1. The van der Waals surface area contributed by atoms with Crippen LogP contribution in [0.2, 0.25) is 0 Å². The fourth-order valence-electron chi connectivity index (χ4n) is 3.34. The summed E-state index contributed by atoms with van der Waals surface area (Å²) >= 11 is 0. The summed E-state index contributed by atoms with van der Waals surface area (Å²) in [4.78, 5) is 14.8. The maximum atomic E-state index is 14.0. The summed E-state index contributed by atoms with van der Waals surface area (Å²) < 4.78 is 18.9. The van der Waals surface area contributed by atoms with E-state index in [1.54, 1.807) is 6.07 Å². The normalized spacial score (nSPS) is 12.1. The van der Waals surface area contributed by atoms with Gasteiger partial charge in [-0.2, -0.15) is 0 Å². The number of likely N-dealkylation sites (N-methyl/N-ethyl adjacent to an activating group) is 1. The lowest BCUT2D eigenvalue weighted by molar-refractivity contribution is -0.120. The maximum Gasteiger partial charge on any atom is 0.241 e. The fraction of sp³-hybridized carbons (Fsp3) is 0.409. The third-order valence-corrected chi connectivity index (χ3v) is 4.86. The molecule has 2 aromatic carbocycles. The number of carbonyl (C=O) groups is 1. The number of nitrogens with one attached hydrogen (secondary N) is 1. The van der Waals surface area contributed by atoms with E-state index in [0.717, 1.165) is 22.4 Å². The number of aryl methyl sites for hydroxylation is 3. The first kappa shape index (κ1) is 20.9. The lowest BCUT2D eigenvalue weighted by Gasteiger charge is -2.27. The molecule has 0 radical (unpaired) electrons. The Morgan fingerprint density at radius 2 is 1.81 bits per heavy atom. The van der Waals surface area contributed by atoms with Crippen molar-refractivity contribution >= 4 is 11.6 Å². The average Bonchev–Trinajstić information content (AvgIpc) is 2.62. The second-order valence-corrected chi connectivity index (χ2v) is 6.97. The Morgan fingerprint density at radius 1 is 1.19 bits per heavy atom. The van der Waals surface area contributed by atoms with E-state index in [1.807, 2.05) is 45.6 Å². The Hall–Kier alpha value is -2.40. The van der Waals surface area contributed by atoms with Crippen molar-refractivity contribution in [1.29, 1.82) is 0 Å². The van der Waals surface area contributed by atoms with Gasteiger partial charge in [0.25, 0.3) is 0 Å². The van der Waals surface area contributed by atoms with E-state index in [1.165, 1.54) is 18.7 Å². The number of amides is 1. The Bertz CT molecular complexity index is 797. The predicted octanol–water partition coefficient (Wildman–Crippen LogP) is 4.61. The summed E-state index contributed by atoms with van der Waals surface area (Å²) in [7, 11) is 1.44. The molecule has 1 amide bonds. The Labute approximate surface area is 161 Å². The van der Waals surface area contributed by atoms with Crippen molar-refractivity contribution in [3.8, 4) is 5.75 Å². The quantitative estimate of drug-likeness (QED) is 0.772. The molecule has 4 nitrogen and oxygen atoms in total. The summed E-state index contributed by atoms with van der Waals surface area (Å²) in [5, 5.41) is 3.06. The van der Waals surface area contributed by atoms with Gasteiger partial charge in [-0.05, 0) is 63.1 Å². The molecule has 146 valence electrons. The third-order valence-electron chi connectivity index (χ3n) is 4.86. The fourth-order valence-corrected chi connectivity index (χ4v) is 3.34. The summed E-state index contributed by atoms with van der Waals surface area (Å²) in [6.07, 6.45) is 0. The Balaban J connectivity index is 2.13. The summed E-state index contributed by atoms with van der Waals surface area (Å²) in [6, 6.07) is 8.67. The third kappa shape index (κ3) is 5.07. The number of halogens is 1. The summed E-state index contributed by atoms with van der Waals surface area (Å²) in [6.45, 7) is 11.1. The molecule has 5 heteroatoms. The largest absolute Gasteiger partial charge is 0.494 e. The standard InChI is InChI=1S/C22H29FN2O2/c1-7-25(13-18-8-9-20(27-6)19(23)12-18)17(5)22(26)24-21-15(3)10-14(2)11-16(21)4/h8-12,17H,7,13H2,1-6H3,(H,24,26)/t17-/m1/s1. The van der Waals surface area contributed by atoms with Crippen LogP contribution >= 0.6 is 0 Å². The number of anilines is 1. The lowest BCUT2D eigenvalue weighted by Crippen LogP contribution is -2.41. The van der Waals surface area contributed by atoms with Crippen molar-refractivity contribution < 1.29 is 13.9 Å². The van der Waals surface area contributed by atoms with Gasteiger partial charge in [0.2, 0.25) is 5.91 Å². The van der Waals surface area contributed by atoms with Gasteiger partial charge in [0.05, 0.1) is 13.2 Å². The zero-order chi connectivity index (χ0) is 20.1. The van der Waals surface area contributed by atoms with Crippen molar-refractivity contribution in [2.24, 2.45) is 0 Å². The van der Waals surface area contributed by atoms with Crippen LogP contribution < -0.4 is 10.1 Å². The van der Waals surface area contributed by atoms with Gasteiger partial charge in [-0.25, -0.2) is 4.39 Å². The van der Waals surface area contributed by atoms with Crippen LogP contribution in [0.5, 0.6) is 5.75 Å². The number of nitrogens with zero attached hydrogens (tertiary/aromatic N) is 1. The molecule has 1 atom stereocenters. The SMILES string of the molecule is CCN(Cc1ccc(OC)c(F)c1)[C@H](C)C(=O)Nc1c(C)cc(C)cc1C. The highest BCUT2D eigenvalue weighted by atomic mass is 19.1. The van der Waals surface area contributed by atoms with Crippen molar-refractivity contribution in [3.05, 3.63) is 58.4 Å². The molecule has 0 fully saturated rings. The summed E-state index contributed by atoms with van der Waals surface area (Å²) in [5.74, 6) is -0.243. The molecule has 0 saturated heterocycles. The zero-order valence-corrected chi connectivity index (χ0v) is 17.0. The monoisotopic (exact) mass is 372 g/mol. The molecular formula is C22H29FN2O2. The van der Waals surface area contributed by atoms with Crippen LogP contribution in [0.4, 0.5) is 10.1 Å². The molecular weight excluding hydrogens is 343 g/mol. The molecule has 0 saturated carbocycles. The highest BCUT2D eigenvalue weighted by Gasteiger charge is 2.22. The van der Waals surface area contributed by atoms with Crippen LogP contribution in [0, 0.1) is 26.6 Å². The van der Waals surface area contributed by atoms with Gasteiger partial charge >= 0.3 is 0 Å². The molecule has 0 aromatic heterocycles. The molecule has 1 N–H and O–H groups in total. The number of hydrogen-bond donors (Lipinski definition) is 1. The second-order valence-electron chi connectivity index (χ2n) is 6.97. The van der Waals surface area contributed by atoms with Crippen LogP contribution in [0.25, 0.3) is 0 Å². The topological polar surface area (TPSA) is 41.6 Å². The van der Waals surface area contributed by atoms with Gasteiger partial charge < -0.3 is 10.1 Å². The minimum absolute atomic E-state index is 0.0686. The molecule has 0 aliphatic carbocycles. The molecule has 2 rings (SSSR count). The minimum atomic E-state index is -0.394. The van der Waals surface area contributed by atoms with Gasteiger partial charge in [-0.15, -0.1) is 0 Å². The number of carbonyl (C=O) groups excluding carboxylic acids is 1. The molecule has 0 bridgehead atoms. The molecule has 0 heterocycles. The predicted molar refractivity (Wildman–Crippen MR) is 108 cm³/mol.